The van der Waals surface area contributed by atoms with Crippen LogP contribution in [0.4, 0.5) is 0 Å². The van der Waals surface area contributed by atoms with Gasteiger partial charge in [-0.15, -0.1) is 0 Å². The summed E-state index contributed by atoms with van der Waals surface area (Å²) in [7, 11) is 2.23. The molecule has 0 bridgehead atoms. The minimum atomic E-state index is 0.212. The van der Waals surface area contributed by atoms with Crippen molar-refractivity contribution in [1.29, 1.82) is 0 Å². The second-order valence-electron chi connectivity index (χ2n) is 8.65. The third kappa shape index (κ3) is 6.01. The summed E-state index contributed by atoms with van der Waals surface area (Å²) in [6.45, 7) is 3.14. The van der Waals surface area contributed by atoms with E-state index in [9.17, 15) is 4.79 Å². The average molecular weight is 433 g/mol. The molecular formula is C25H32N6O. The van der Waals surface area contributed by atoms with Crippen LogP contribution in [0.25, 0.3) is 0 Å². The molecule has 4 rings (SSSR count). The standard InChI is InChI=1S/C25H32N6O/c1-29(18-22-7-12-26-13-8-22)24(17-21-5-3-2-4-6-21)23-9-14-30(15-10-23)25(32)11-16-31-20-27-19-28-31/h2-8,12-13,19-20,23-24H,9-11,14-18H2,1H3. The molecule has 7 heteroatoms. The van der Waals surface area contributed by atoms with Crippen molar-refractivity contribution >= 4 is 5.91 Å². The van der Waals surface area contributed by atoms with Gasteiger partial charge in [0.15, 0.2) is 0 Å². The Labute approximate surface area is 190 Å². The monoisotopic (exact) mass is 432 g/mol. The summed E-state index contributed by atoms with van der Waals surface area (Å²) in [6.07, 6.45) is 10.5. The molecule has 32 heavy (non-hydrogen) atoms. The lowest BCUT2D eigenvalue weighted by atomic mass is 9.84. The topological polar surface area (TPSA) is 67.2 Å². The number of rotatable bonds is 9. The maximum Gasteiger partial charge on any atom is 0.224 e. The smallest absolute Gasteiger partial charge is 0.224 e. The van der Waals surface area contributed by atoms with Crippen LogP contribution in [-0.2, 0) is 24.3 Å². The summed E-state index contributed by atoms with van der Waals surface area (Å²) < 4.78 is 1.72. The van der Waals surface area contributed by atoms with Crippen molar-refractivity contribution in [3.05, 3.63) is 78.6 Å². The van der Waals surface area contributed by atoms with Crippen molar-refractivity contribution in [2.45, 2.75) is 44.8 Å². The molecule has 168 valence electrons. The molecule has 1 aliphatic rings. The van der Waals surface area contributed by atoms with Gasteiger partial charge >= 0.3 is 0 Å². The van der Waals surface area contributed by atoms with E-state index in [4.69, 9.17) is 0 Å². The molecule has 2 aromatic heterocycles. The zero-order chi connectivity index (χ0) is 22.2. The number of benzene rings is 1. The van der Waals surface area contributed by atoms with Gasteiger partial charge < -0.3 is 4.90 Å². The predicted molar refractivity (Wildman–Crippen MR) is 124 cm³/mol. The van der Waals surface area contributed by atoms with Crippen molar-refractivity contribution in [2.75, 3.05) is 20.1 Å². The lowest BCUT2D eigenvalue weighted by Gasteiger charge is -2.40. The number of hydrogen-bond acceptors (Lipinski definition) is 5. The summed E-state index contributed by atoms with van der Waals surface area (Å²) in [5.74, 6) is 0.769. The Morgan fingerprint density at radius 1 is 1.06 bits per heavy atom. The number of pyridine rings is 1. The fraction of sp³-hybridized carbons (Fsp3) is 0.440. The first-order chi connectivity index (χ1) is 15.7. The van der Waals surface area contributed by atoms with Gasteiger partial charge in [-0.3, -0.25) is 19.4 Å². The molecular weight excluding hydrogens is 400 g/mol. The van der Waals surface area contributed by atoms with Crippen LogP contribution in [0.1, 0.15) is 30.4 Å². The normalized spacial score (nSPS) is 15.8. The van der Waals surface area contributed by atoms with Crippen molar-refractivity contribution in [2.24, 2.45) is 5.92 Å². The molecule has 1 saturated heterocycles. The van der Waals surface area contributed by atoms with E-state index in [0.29, 0.717) is 24.9 Å². The second-order valence-corrected chi connectivity index (χ2v) is 8.65. The van der Waals surface area contributed by atoms with Gasteiger partial charge in [0.2, 0.25) is 5.91 Å². The first kappa shape index (κ1) is 22.1. The first-order valence-corrected chi connectivity index (χ1v) is 11.4. The summed E-state index contributed by atoms with van der Waals surface area (Å²) in [4.78, 5) is 25.3. The highest BCUT2D eigenvalue weighted by atomic mass is 16.2. The van der Waals surface area contributed by atoms with Crippen LogP contribution in [-0.4, -0.2) is 61.6 Å². The van der Waals surface area contributed by atoms with Gasteiger partial charge in [-0.1, -0.05) is 30.3 Å². The van der Waals surface area contributed by atoms with Crippen molar-refractivity contribution in [1.82, 2.24) is 29.5 Å². The van der Waals surface area contributed by atoms with Crippen molar-refractivity contribution in [3.63, 3.8) is 0 Å². The fourth-order valence-electron chi connectivity index (χ4n) is 4.68. The van der Waals surface area contributed by atoms with E-state index in [0.717, 1.165) is 38.9 Å². The summed E-state index contributed by atoms with van der Waals surface area (Å²) in [5.41, 5.74) is 2.65. The molecule has 0 aliphatic carbocycles. The molecule has 1 amide bonds. The predicted octanol–water partition coefficient (Wildman–Crippen LogP) is 3.05. The maximum atomic E-state index is 12.7. The molecule has 1 fully saturated rings. The summed E-state index contributed by atoms with van der Waals surface area (Å²) in [5, 5.41) is 4.09. The van der Waals surface area contributed by atoms with Crippen LogP contribution in [0.5, 0.6) is 0 Å². The summed E-state index contributed by atoms with van der Waals surface area (Å²) >= 11 is 0. The van der Waals surface area contributed by atoms with Crippen LogP contribution in [0.3, 0.4) is 0 Å². The van der Waals surface area contributed by atoms with E-state index in [1.165, 1.54) is 17.5 Å². The molecule has 1 aliphatic heterocycles. The number of hydrogen-bond donors (Lipinski definition) is 0. The first-order valence-electron chi connectivity index (χ1n) is 11.4. The zero-order valence-electron chi connectivity index (χ0n) is 18.8. The Balaban J connectivity index is 1.37. The molecule has 0 N–H and O–H groups in total. The largest absolute Gasteiger partial charge is 0.343 e. The number of likely N-dealkylation sites (N-methyl/N-ethyl adjacent to an activating group) is 1. The highest BCUT2D eigenvalue weighted by molar-refractivity contribution is 5.76. The molecule has 3 aromatic rings. The highest BCUT2D eigenvalue weighted by Crippen LogP contribution is 2.27. The van der Waals surface area contributed by atoms with Gasteiger partial charge in [0, 0.05) is 44.5 Å². The molecule has 1 aromatic carbocycles. The van der Waals surface area contributed by atoms with Crippen LogP contribution < -0.4 is 0 Å². The van der Waals surface area contributed by atoms with Crippen LogP contribution in [0, 0.1) is 5.92 Å². The SMILES string of the molecule is CN(Cc1ccncc1)C(Cc1ccccc1)C1CCN(C(=O)CCn2cncn2)CC1. The molecule has 0 spiro atoms. The molecule has 0 saturated carbocycles. The van der Waals surface area contributed by atoms with Gasteiger partial charge in [-0.25, -0.2) is 4.98 Å². The lowest BCUT2D eigenvalue weighted by molar-refractivity contribution is -0.133. The number of aryl methyl sites for hydroxylation is 1. The third-order valence-corrected chi connectivity index (χ3v) is 6.49. The third-order valence-electron chi connectivity index (χ3n) is 6.49. The number of nitrogens with zero attached hydrogens (tertiary/aromatic N) is 6. The Bertz CT molecular complexity index is 939. The number of carbonyl (C=O) groups excluding carboxylic acids is 1. The Morgan fingerprint density at radius 3 is 2.50 bits per heavy atom. The fourth-order valence-corrected chi connectivity index (χ4v) is 4.68. The molecule has 3 heterocycles. The van der Waals surface area contributed by atoms with E-state index in [2.05, 4.69) is 69.5 Å². The molecule has 7 nitrogen and oxygen atoms in total. The lowest BCUT2D eigenvalue weighted by Crippen LogP contribution is -2.46. The van der Waals surface area contributed by atoms with Gasteiger partial charge in [0.25, 0.3) is 0 Å². The van der Waals surface area contributed by atoms with Gasteiger partial charge in [0.05, 0.1) is 6.54 Å². The van der Waals surface area contributed by atoms with E-state index in [-0.39, 0.29) is 5.91 Å². The quantitative estimate of drug-likeness (QED) is 0.520. The minimum Gasteiger partial charge on any atom is -0.343 e. The summed E-state index contributed by atoms with van der Waals surface area (Å²) in [6, 6.07) is 15.4. The van der Waals surface area contributed by atoms with Gasteiger partial charge in [-0.2, -0.15) is 5.10 Å². The number of aromatic nitrogens is 4. The van der Waals surface area contributed by atoms with Crippen LogP contribution >= 0.6 is 0 Å². The number of carbonyl (C=O) groups is 1. The highest BCUT2D eigenvalue weighted by Gasteiger charge is 2.30. The number of amides is 1. The van der Waals surface area contributed by atoms with E-state index in [1.54, 1.807) is 11.0 Å². The van der Waals surface area contributed by atoms with E-state index >= 15 is 0 Å². The molecule has 1 unspecified atom stereocenters. The molecule has 0 radical (unpaired) electrons. The number of piperidine rings is 1. The zero-order valence-corrected chi connectivity index (χ0v) is 18.8. The second kappa shape index (κ2) is 11.0. The van der Waals surface area contributed by atoms with Gasteiger partial charge in [-0.05, 0) is 55.5 Å². The van der Waals surface area contributed by atoms with Gasteiger partial charge in [0.1, 0.15) is 12.7 Å². The Hall–Kier alpha value is -3.06. The van der Waals surface area contributed by atoms with Crippen LogP contribution in [0.2, 0.25) is 0 Å². The van der Waals surface area contributed by atoms with Crippen LogP contribution in [0.15, 0.2) is 67.5 Å². The van der Waals surface area contributed by atoms with E-state index < -0.39 is 0 Å². The van der Waals surface area contributed by atoms with E-state index in [1.807, 2.05) is 17.3 Å². The van der Waals surface area contributed by atoms with Crippen molar-refractivity contribution < 1.29 is 4.79 Å². The molecule has 1 atom stereocenters. The minimum absolute atomic E-state index is 0.212. The maximum absolute atomic E-state index is 12.7. The Kier molecular flexibility index (Phi) is 7.61. The van der Waals surface area contributed by atoms with Crippen molar-refractivity contribution in [3.8, 4) is 0 Å². The number of likely N-dealkylation sites (tertiary alicyclic amines) is 1. The Morgan fingerprint density at radius 2 is 1.81 bits per heavy atom. The average Bonchev–Trinajstić information content (AvgIpc) is 3.36.